The van der Waals surface area contributed by atoms with E-state index in [9.17, 15) is 4.79 Å². The monoisotopic (exact) mass is 506 g/mol. The number of aliphatic imine (C=N–C) groups is 1. The number of hydrogen-bond acceptors (Lipinski definition) is 2. The second-order valence-electron chi connectivity index (χ2n) is 7.55. The predicted molar refractivity (Wildman–Crippen MR) is 130 cm³/mol. The first-order valence-electron chi connectivity index (χ1n) is 9.90. The zero-order chi connectivity index (χ0) is 19.9. The van der Waals surface area contributed by atoms with Crippen LogP contribution in [-0.4, -0.2) is 55.4 Å². The molecule has 1 aliphatic heterocycles. The summed E-state index contributed by atoms with van der Waals surface area (Å²) in [7, 11) is 3.53. The molecular weight excluding hydrogens is 475 g/mol. The minimum Gasteiger partial charge on any atom is -0.350 e. The molecule has 2 unspecified atom stereocenters. The molecule has 0 bridgehead atoms. The average molecular weight is 506 g/mol. The molecule has 3 rings (SSSR count). The number of carbonyl (C=O) groups is 1. The third-order valence-corrected chi connectivity index (χ3v) is 5.27. The molecule has 29 heavy (non-hydrogen) atoms. The molecule has 2 atom stereocenters. The van der Waals surface area contributed by atoms with E-state index in [0.29, 0.717) is 5.92 Å². The molecule has 1 heterocycles. The number of guanidine groups is 1. The molecule has 156 valence electrons. The van der Waals surface area contributed by atoms with Crippen molar-refractivity contribution in [3.05, 3.63) is 71.8 Å². The third-order valence-electron chi connectivity index (χ3n) is 5.27. The van der Waals surface area contributed by atoms with Crippen LogP contribution in [0.1, 0.15) is 36.4 Å². The zero-order valence-electron chi connectivity index (χ0n) is 17.4. The number of carbonyl (C=O) groups excluding carboxylic acids is 1. The molecule has 1 amide bonds. The van der Waals surface area contributed by atoms with Crippen molar-refractivity contribution < 1.29 is 4.79 Å². The van der Waals surface area contributed by atoms with E-state index in [1.165, 1.54) is 11.1 Å². The van der Waals surface area contributed by atoms with E-state index in [-0.39, 0.29) is 42.5 Å². The molecule has 0 aromatic heterocycles. The maximum Gasteiger partial charge on any atom is 0.243 e. The molecule has 0 spiro atoms. The highest BCUT2D eigenvalue weighted by atomic mass is 127. The number of rotatable bonds is 5. The number of nitrogens with one attached hydrogen (secondary N) is 1. The summed E-state index contributed by atoms with van der Waals surface area (Å²) in [5.74, 6) is 1.31. The molecule has 0 radical (unpaired) electrons. The first-order chi connectivity index (χ1) is 13.5. The van der Waals surface area contributed by atoms with E-state index in [0.717, 1.165) is 25.5 Å². The summed E-state index contributed by atoms with van der Waals surface area (Å²) in [5, 5.41) is 3.55. The van der Waals surface area contributed by atoms with E-state index < -0.39 is 0 Å². The SMILES string of the molecule is CC(NC(=NCC(=O)N(C)C)N1CCC(c2ccccc2)C1)c1ccccc1.I. The van der Waals surface area contributed by atoms with Gasteiger partial charge in [-0.1, -0.05) is 60.7 Å². The molecule has 0 aliphatic carbocycles. The van der Waals surface area contributed by atoms with Crippen molar-refractivity contribution in [2.75, 3.05) is 33.7 Å². The molecule has 1 N–H and O–H groups in total. The summed E-state index contributed by atoms with van der Waals surface area (Å²) in [6.45, 7) is 4.13. The minimum atomic E-state index is 0. The number of amides is 1. The fourth-order valence-electron chi connectivity index (χ4n) is 3.49. The van der Waals surface area contributed by atoms with Gasteiger partial charge in [0.25, 0.3) is 0 Å². The van der Waals surface area contributed by atoms with E-state index in [1.807, 2.05) is 18.2 Å². The molecule has 0 saturated carbocycles. The van der Waals surface area contributed by atoms with Gasteiger partial charge >= 0.3 is 0 Å². The van der Waals surface area contributed by atoms with Gasteiger partial charge in [0, 0.05) is 33.1 Å². The molecule has 1 saturated heterocycles. The van der Waals surface area contributed by atoms with Crippen molar-refractivity contribution >= 4 is 35.8 Å². The number of nitrogens with zero attached hydrogens (tertiary/aromatic N) is 3. The molecule has 5 nitrogen and oxygen atoms in total. The maximum absolute atomic E-state index is 12.1. The quantitative estimate of drug-likeness (QED) is 0.381. The van der Waals surface area contributed by atoms with Gasteiger partial charge in [0.05, 0.1) is 6.04 Å². The van der Waals surface area contributed by atoms with Gasteiger partial charge in [-0.2, -0.15) is 0 Å². The van der Waals surface area contributed by atoms with Gasteiger partial charge in [-0.25, -0.2) is 4.99 Å². The lowest BCUT2D eigenvalue weighted by Crippen LogP contribution is -2.42. The van der Waals surface area contributed by atoms with Crippen LogP contribution >= 0.6 is 24.0 Å². The second-order valence-corrected chi connectivity index (χ2v) is 7.55. The van der Waals surface area contributed by atoms with Gasteiger partial charge in [0.2, 0.25) is 5.91 Å². The maximum atomic E-state index is 12.1. The van der Waals surface area contributed by atoms with Crippen LogP contribution in [0.25, 0.3) is 0 Å². The number of halogens is 1. The Hall–Kier alpha value is -2.09. The summed E-state index contributed by atoms with van der Waals surface area (Å²) in [5.41, 5.74) is 2.57. The van der Waals surface area contributed by atoms with E-state index in [2.05, 4.69) is 64.6 Å². The highest BCUT2D eigenvalue weighted by molar-refractivity contribution is 14.0. The van der Waals surface area contributed by atoms with Crippen molar-refractivity contribution in [1.82, 2.24) is 15.1 Å². The van der Waals surface area contributed by atoms with E-state index in [4.69, 9.17) is 0 Å². The summed E-state index contributed by atoms with van der Waals surface area (Å²) in [6.07, 6.45) is 1.09. The van der Waals surface area contributed by atoms with Crippen LogP contribution in [0.5, 0.6) is 0 Å². The normalized spacial score (nSPS) is 17.4. The first-order valence-corrected chi connectivity index (χ1v) is 9.90. The predicted octanol–water partition coefficient (Wildman–Crippen LogP) is 3.89. The fraction of sp³-hybridized carbons (Fsp3) is 0.391. The van der Waals surface area contributed by atoms with Gasteiger partial charge in [-0.15, -0.1) is 24.0 Å². The van der Waals surface area contributed by atoms with Gasteiger partial charge in [0.1, 0.15) is 6.54 Å². The number of hydrogen-bond donors (Lipinski definition) is 1. The third kappa shape index (κ3) is 6.45. The van der Waals surface area contributed by atoms with Crippen LogP contribution in [-0.2, 0) is 4.79 Å². The molecule has 1 aliphatic rings. The molecule has 2 aromatic rings. The molecular formula is C23H31IN4O. The number of likely N-dealkylation sites (tertiary alicyclic amines) is 1. The Balaban J connectivity index is 0.00000300. The van der Waals surface area contributed by atoms with Crippen molar-refractivity contribution in [2.24, 2.45) is 4.99 Å². The Bertz CT molecular complexity index is 795. The second kappa shape index (κ2) is 11.2. The van der Waals surface area contributed by atoms with Crippen molar-refractivity contribution in [2.45, 2.75) is 25.3 Å². The Labute approximate surface area is 191 Å². The largest absolute Gasteiger partial charge is 0.350 e. The molecule has 2 aromatic carbocycles. The van der Waals surface area contributed by atoms with Crippen LogP contribution in [0.3, 0.4) is 0 Å². The Morgan fingerprint density at radius 3 is 2.38 bits per heavy atom. The average Bonchev–Trinajstić information content (AvgIpc) is 3.22. The zero-order valence-corrected chi connectivity index (χ0v) is 19.7. The Kier molecular flexibility index (Phi) is 8.95. The minimum absolute atomic E-state index is 0. The smallest absolute Gasteiger partial charge is 0.243 e. The lowest BCUT2D eigenvalue weighted by Gasteiger charge is -2.26. The lowest BCUT2D eigenvalue weighted by atomic mass is 9.99. The Morgan fingerprint density at radius 1 is 1.14 bits per heavy atom. The standard InChI is InChI=1S/C23H30N4O.HI/c1-18(19-10-6-4-7-11-19)25-23(24-16-22(28)26(2)3)27-15-14-21(17-27)20-12-8-5-9-13-20;/h4-13,18,21H,14-17H2,1-3H3,(H,24,25);1H. The summed E-state index contributed by atoms with van der Waals surface area (Å²) < 4.78 is 0. The lowest BCUT2D eigenvalue weighted by molar-refractivity contribution is -0.127. The van der Waals surface area contributed by atoms with Gasteiger partial charge < -0.3 is 15.1 Å². The van der Waals surface area contributed by atoms with Crippen LogP contribution < -0.4 is 5.32 Å². The van der Waals surface area contributed by atoms with Crippen LogP contribution in [0, 0.1) is 0 Å². The van der Waals surface area contributed by atoms with E-state index >= 15 is 0 Å². The number of likely N-dealkylation sites (N-methyl/N-ethyl adjacent to an activating group) is 1. The van der Waals surface area contributed by atoms with Crippen LogP contribution in [0.2, 0.25) is 0 Å². The highest BCUT2D eigenvalue weighted by Gasteiger charge is 2.27. The summed E-state index contributed by atoms with van der Waals surface area (Å²) in [4.78, 5) is 20.6. The first kappa shape index (κ1) is 23.2. The van der Waals surface area contributed by atoms with Crippen LogP contribution in [0.4, 0.5) is 0 Å². The fourth-order valence-corrected chi connectivity index (χ4v) is 3.49. The number of benzene rings is 2. The highest BCUT2D eigenvalue weighted by Crippen LogP contribution is 2.27. The Morgan fingerprint density at radius 2 is 1.76 bits per heavy atom. The van der Waals surface area contributed by atoms with Crippen molar-refractivity contribution in [3.8, 4) is 0 Å². The van der Waals surface area contributed by atoms with Crippen molar-refractivity contribution in [3.63, 3.8) is 0 Å². The molecule has 6 heteroatoms. The summed E-state index contributed by atoms with van der Waals surface area (Å²) in [6, 6.07) is 21.1. The van der Waals surface area contributed by atoms with Crippen molar-refractivity contribution in [1.29, 1.82) is 0 Å². The molecule has 1 fully saturated rings. The topological polar surface area (TPSA) is 47.9 Å². The summed E-state index contributed by atoms with van der Waals surface area (Å²) >= 11 is 0. The van der Waals surface area contributed by atoms with E-state index in [1.54, 1.807) is 19.0 Å². The van der Waals surface area contributed by atoms with Crippen LogP contribution in [0.15, 0.2) is 65.7 Å². The van der Waals surface area contributed by atoms with Gasteiger partial charge in [0.15, 0.2) is 5.96 Å². The van der Waals surface area contributed by atoms with Gasteiger partial charge in [-0.05, 0) is 24.5 Å². The van der Waals surface area contributed by atoms with Gasteiger partial charge in [-0.3, -0.25) is 4.79 Å².